The SMILES string of the molecule is CCO[C@@H](Cc1ccc(OCCn2c(C)ccc2C)cc1)C(=O)O. The van der Waals surface area contributed by atoms with Crippen molar-refractivity contribution in [1.82, 2.24) is 4.57 Å². The van der Waals surface area contributed by atoms with Gasteiger partial charge in [-0.2, -0.15) is 0 Å². The number of carboxylic acid groups (broad SMARTS) is 1. The number of aromatic nitrogens is 1. The normalized spacial score (nSPS) is 12.1. The van der Waals surface area contributed by atoms with E-state index in [1.54, 1.807) is 6.92 Å². The van der Waals surface area contributed by atoms with Gasteiger partial charge in [-0.05, 0) is 50.6 Å². The van der Waals surface area contributed by atoms with E-state index in [1.165, 1.54) is 11.4 Å². The average molecular weight is 331 g/mol. The van der Waals surface area contributed by atoms with Gasteiger partial charge in [0.1, 0.15) is 12.4 Å². The van der Waals surface area contributed by atoms with Gasteiger partial charge in [-0.1, -0.05) is 12.1 Å². The molecule has 1 aromatic carbocycles. The third kappa shape index (κ3) is 4.86. The number of rotatable bonds is 9. The Bertz CT molecular complexity index is 641. The van der Waals surface area contributed by atoms with Crippen LogP contribution in [0.1, 0.15) is 23.9 Å². The predicted molar refractivity (Wildman–Crippen MR) is 92.6 cm³/mol. The fourth-order valence-corrected chi connectivity index (χ4v) is 2.66. The van der Waals surface area contributed by atoms with Gasteiger partial charge in [0.25, 0.3) is 0 Å². The van der Waals surface area contributed by atoms with Crippen molar-refractivity contribution < 1.29 is 19.4 Å². The quantitative estimate of drug-likeness (QED) is 0.766. The van der Waals surface area contributed by atoms with Crippen LogP contribution in [0, 0.1) is 13.8 Å². The van der Waals surface area contributed by atoms with Crippen LogP contribution < -0.4 is 4.74 Å². The third-order valence-corrected chi connectivity index (χ3v) is 3.99. The van der Waals surface area contributed by atoms with Crippen LogP contribution in [0.3, 0.4) is 0 Å². The first kappa shape index (κ1) is 18.1. The molecule has 0 radical (unpaired) electrons. The Balaban J connectivity index is 1.86. The second-order valence-electron chi connectivity index (χ2n) is 5.75. The van der Waals surface area contributed by atoms with Crippen LogP contribution in [0.15, 0.2) is 36.4 Å². The molecule has 0 aliphatic carbocycles. The molecule has 0 spiro atoms. The summed E-state index contributed by atoms with van der Waals surface area (Å²) >= 11 is 0. The molecule has 0 unspecified atom stereocenters. The van der Waals surface area contributed by atoms with Gasteiger partial charge in [0.15, 0.2) is 6.10 Å². The Morgan fingerprint density at radius 2 is 1.75 bits per heavy atom. The van der Waals surface area contributed by atoms with Crippen LogP contribution >= 0.6 is 0 Å². The molecule has 2 aromatic rings. The molecule has 2 rings (SSSR count). The standard InChI is InChI=1S/C19H25NO4/c1-4-23-18(19(21)22)13-16-7-9-17(10-8-16)24-12-11-20-14(2)5-6-15(20)3/h5-10,18H,4,11-13H2,1-3H3,(H,21,22)/t18-/m0/s1. The van der Waals surface area contributed by atoms with Crippen LogP contribution in [0.2, 0.25) is 0 Å². The van der Waals surface area contributed by atoms with E-state index in [2.05, 4.69) is 30.5 Å². The molecule has 0 saturated heterocycles. The van der Waals surface area contributed by atoms with Crippen molar-refractivity contribution in [1.29, 1.82) is 0 Å². The number of hydrogen-bond acceptors (Lipinski definition) is 3. The monoisotopic (exact) mass is 331 g/mol. The molecule has 24 heavy (non-hydrogen) atoms. The molecule has 1 N–H and O–H groups in total. The zero-order valence-corrected chi connectivity index (χ0v) is 14.5. The minimum absolute atomic E-state index is 0.352. The lowest BCUT2D eigenvalue weighted by Gasteiger charge is -2.13. The Hall–Kier alpha value is -2.27. The largest absolute Gasteiger partial charge is 0.492 e. The maximum Gasteiger partial charge on any atom is 0.333 e. The van der Waals surface area contributed by atoms with Crippen LogP contribution in [-0.2, 0) is 22.5 Å². The lowest BCUT2D eigenvalue weighted by atomic mass is 10.1. The van der Waals surface area contributed by atoms with Crippen molar-refractivity contribution in [2.45, 2.75) is 39.8 Å². The predicted octanol–water partition coefficient (Wildman–Crippen LogP) is 3.22. The first-order valence-corrected chi connectivity index (χ1v) is 8.20. The second kappa shape index (κ2) is 8.55. The van der Waals surface area contributed by atoms with E-state index >= 15 is 0 Å². The molecule has 130 valence electrons. The number of benzene rings is 1. The van der Waals surface area contributed by atoms with E-state index < -0.39 is 12.1 Å². The molecule has 0 aliphatic rings. The van der Waals surface area contributed by atoms with Crippen molar-refractivity contribution in [3.05, 3.63) is 53.3 Å². The van der Waals surface area contributed by atoms with Gasteiger partial charge in [0.2, 0.25) is 0 Å². The van der Waals surface area contributed by atoms with Crippen molar-refractivity contribution in [3.8, 4) is 5.75 Å². The fraction of sp³-hybridized carbons (Fsp3) is 0.421. The molecule has 0 aliphatic heterocycles. The highest BCUT2D eigenvalue weighted by atomic mass is 16.5. The first-order valence-electron chi connectivity index (χ1n) is 8.20. The first-order chi connectivity index (χ1) is 11.5. The zero-order chi connectivity index (χ0) is 17.5. The summed E-state index contributed by atoms with van der Waals surface area (Å²) < 4.78 is 13.2. The van der Waals surface area contributed by atoms with Crippen molar-refractivity contribution in [2.75, 3.05) is 13.2 Å². The van der Waals surface area contributed by atoms with Crippen LogP contribution in [0.25, 0.3) is 0 Å². The molecular formula is C19H25NO4. The van der Waals surface area contributed by atoms with Gasteiger partial charge in [0, 0.05) is 24.4 Å². The summed E-state index contributed by atoms with van der Waals surface area (Å²) in [6.45, 7) is 7.74. The van der Waals surface area contributed by atoms with E-state index in [4.69, 9.17) is 14.6 Å². The van der Waals surface area contributed by atoms with E-state index in [9.17, 15) is 4.79 Å². The second-order valence-corrected chi connectivity index (χ2v) is 5.75. The highest BCUT2D eigenvalue weighted by molar-refractivity contribution is 5.72. The molecule has 0 fully saturated rings. The molecule has 1 heterocycles. The summed E-state index contributed by atoms with van der Waals surface area (Å²) in [5, 5.41) is 9.12. The maximum absolute atomic E-state index is 11.1. The van der Waals surface area contributed by atoms with Crippen molar-refractivity contribution in [3.63, 3.8) is 0 Å². The lowest BCUT2D eigenvalue weighted by Crippen LogP contribution is -2.26. The van der Waals surface area contributed by atoms with Crippen LogP contribution in [0.4, 0.5) is 0 Å². The molecule has 1 aromatic heterocycles. The van der Waals surface area contributed by atoms with Gasteiger partial charge < -0.3 is 19.1 Å². The van der Waals surface area contributed by atoms with E-state index in [1.807, 2.05) is 24.3 Å². The Morgan fingerprint density at radius 3 is 2.29 bits per heavy atom. The molecule has 5 heteroatoms. The molecule has 0 bridgehead atoms. The van der Waals surface area contributed by atoms with Crippen LogP contribution in [0.5, 0.6) is 5.75 Å². The minimum atomic E-state index is -0.936. The Kier molecular flexibility index (Phi) is 6.44. The molecule has 0 amide bonds. The Morgan fingerprint density at radius 1 is 1.12 bits per heavy atom. The van der Waals surface area contributed by atoms with Gasteiger partial charge in [-0.15, -0.1) is 0 Å². The number of carboxylic acids is 1. The maximum atomic E-state index is 11.1. The molecular weight excluding hydrogens is 306 g/mol. The van der Waals surface area contributed by atoms with Crippen molar-refractivity contribution >= 4 is 5.97 Å². The van der Waals surface area contributed by atoms with Gasteiger partial charge in [-0.25, -0.2) is 4.79 Å². The Labute approximate surface area is 142 Å². The number of aliphatic carboxylic acids is 1. The van der Waals surface area contributed by atoms with Crippen LogP contribution in [-0.4, -0.2) is 35.0 Å². The summed E-state index contributed by atoms with van der Waals surface area (Å²) in [6, 6.07) is 11.7. The fourth-order valence-electron chi connectivity index (χ4n) is 2.66. The topological polar surface area (TPSA) is 60.7 Å². The lowest BCUT2D eigenvalue weighted by molar-refractivity contribution is -0.149. The summed E-state index contributed by atoms with van der Waals surface area (Å²) in [5.74, 6) is -0.154. The summed E-state index contributed by atoms with van der Waals surface area (Å²) in [5.41, 5.74) is 3.37. The number of ether oxygens (including phenoxy) is 2. The minimum Gasteiger partial charge on any atom is -0.492 e. The summed E-state index contributed by atoms with van der Waals surface area (Å²) in [7, 11) is 0. The summed E-state index contributed by atoms with van der Waals surface area (Å²) in [6.07, 6.45) is -0.452. The highest BCUT2D eigenvalue weighted by Crippen LogP contribution is 2.15. The molecule has 5 nitrogen and oxygen atoms in total. The van der Waals surface area contributed by atoms with Gasteiger partial charge in [-0.3, -0.25) is 0 Å². The smallest absolute Gasteiger partial charge is 0.333 e. The van der Waals surface area contributed by atoms with Crippen molar-refractivity contribution in [2.24, 2.45) is 0 Å². The number of aryl methyl sites for hydroxylation is 2. The zero-order valence-electron chi connectivity index (χ0n) is 14.5. The third-order valence-electron chi connectivity index (χ3n) is 3.99. The average Bonchev–Trinajstić information content (AvgIpc) is 2.87. The highest BCUT2D eigenvalue weighted by Gasteiger charge is 2.17. The number of nitrogens with zero attached hydrogens (tertiary/aromatic N) is 1. The van der Waals surface area contributed by atoms with E-state index in [0.717, 1.165) is 17.9 Å². The summed E-state index contributed by atoms with van der Waals surface area (Å²) in [4.78, 5) is 11.1. The number of hydrogen-bond donors (Lipinski definition) is 1. The molecule has 1 atom stereocenters. The number of carbonyl (C=O) groups is 1. The van der Waals surface area contributed by atoms with E-state index in [0.29, 0.717) is 19.6 Å². The molecule has 0 saturated carbocycles. The van der Waals surface area contributed by atoms with Gasteiger partial charge in [0.05, 0.1) is 6.54 Å². The van der Waals surface area contributed by atoms with Gasteiger partial charge >= 0.3 is 5.97 Å². The van der Waals surface area contributed by atoms with E-state index in [-0.39, 0.29) is 0 Å².